The third-order valence-corrected chi connectivity index (χ3v) is 7.53. The van der Waals surface area contributed by atoms with Gasteiger partial charge in [-0.25, -0.2) is 0 Å². The molecule has 7 rings (SSSR count). The molecule has 0 amide bonds. The Kier molecular flexibility index (Phi) is 3.98. The molecule has 0 heteroatoms. The molecule has 0 radical (unpaired) electrons. The SMILES string of the molecule is c1ccc(-c2ccc3c(c2)-c2cc(-c4ccccc4)c(-c4ccccc4)cc2C32CC2)cc1. The molecule has 0 aliphatic heterocycles. The Balaban J connectivity index is 1.49. The molecule has 5 aromatic carbocycles. The number of rotatable bonds is 3. The quantitative estimate of drug-likeness (QED) is 0.274. The fourth-order valence-corrected chi connectivity index (χ4v) is 5.73. The molecule has 2 aliphatic rings. The first-order chi connectivity index (χ1) is 16.3. The lowest BCUT2D eigenvalue weighted by Crippen LogP contribution is -2.04. The molecule has 1 spiro atoms. The van der Waals surface area contributed by atoms with Crippen molar-refractivity contribution in [3.05, 3.63) is 132 Å². The van der Waals surface area contributed by atoms with Crippen molar-refractivity contribution in [2.75, 3.05) is 0 Å². The van der Waals surface area contributed by atoms with Crippen molar-refractivity contribution in [1.29, 1.82) is 0 Å². The van der Waals surface area contributed by atoms with Gasteiger partial charge in [0.2, 0.25) is 0 Å². The van der Waals surface area contributed by atoms with Gasteiger partial charge >= 0.3 is 0 Å². The van der Waals surface area contributed by atoms with Crippen LogP contribution in [-0.4, -0.2) is 0 Å². The monoisotopic (exact) mass is 420 g/mol. The Morgan fingerprint density at radius 1 is 0.364 bits per heavy atom. The van der Waals surface area contributed by atoms with E-state index in [1.165, 1.54) is 68.5 Å². The van der Waals surface area contributed by atoms with E-state index in [1.807, 2.05) is 0 Å². The van der Waals surface area contributed by atoms with E-state index in [9.17, 15) is 0 Å². The van der Waals surface area contributed by atoms with Crippen molar-refractivity contribution in [3.8, 4) is 44.5 Å². The Morgan fingerprint density at radius 3 is 1.45 bits per heavy atom. The van der Waals surface area contributed by atoms with Crippen LogP contribution < -0.4 is 0 Å². The van der Waals surface area contributed by atoms with Crippen LogP contribution in [0.4, 0.5) is 0 Å². The van der Waals surface area contributed by atoms with E-state index >= 15 is 0 Å². The fraction of sp³-hybridized carbons (Fsp3) is 0.0909. The predicted molar refractivity (Wildman–Crippen MR) is 138 cm³/mol. The third kappa shape index (κ3) is 2.84. The second kappa shape index (κ2) is 7.05. The van der Waals surface area contributed by atoms with E-state index in [0.717, 1.165) is 0 Å². The summed E-state index contributed by atoms with van der Waals surface area (Å²) >= 11 is 0. The molecule has 0 heterocycles. The van der Waals surface area contributed by atoms with E-state index in [4.69, 9.17) is 0 Å². The highest BCUT2D eigenvalue weighted by atomic mass is 14.5. The highest BCUT2D eigenvalue weighted by Crippen LogP contribution is 2.64. The van der Waals surface area contributed by atoms with Crippen molar-refractivity contribution in [3.63, 3.8) is 0 Å². The van der Waals surface area contributed by atoms with Crippen LogP contribution in [0.25, 0.3) is 44.5 Å². The van der Waals surface area contributed by atoms with Gasteiger partial charge in [-0.1, -0.05) is 103 Å². The maximum absolute atomic E-state index is 2.50. The molecule has 1 saturated carbocycles. The molecule has 0 aromatic heterocycles. The van der Waals surface area contributed by atoms with Crippen LogP contribution in [0.1, 0.15) is 24.0 Å². The molecule has 0 atom stereocenters. The molecule has 5 aromatic rings. The first kappa shape index (κ1) is 18.7. The number of hydrogen-bond acceptors (Lipinski definition) is 0. The average Bonchev–Trinajstić information content (AvgIpc) is 3.66. The summed E-state index contributed by atoms with van der Waals surface area (Å²) < 4.78 is 0. The number of fused-ring (bicyclic) bond motifs is 5. The van der Waals surface area contributed by atoms with Gasteiger partial charge in [-0.05, 0) is 86.7 Å². The van der Waals surface area contributed by atoms with Crippen LogP contribution in [0.2, 0.25) is 0 Å². The van der Waals surface area contributed by atoms with Crippen LogP contribution in [0.5, 0.6) is 0 Å². The normalized spacial score (nSPS) is 14.7. The van der Waals surface area contributed by atoms with Gasteiger partial charge in [0.25, 0.3) is 0 Å². The summed E-state index contributed by atoms with van der Waals surface area (Å²) in [5.41, 5.74) is 13.9. The lowest BCUT2D eigenvalue weighted by atomic mass is 9.87. The van der Waals surface area contributed by atoms with Gasteiger partial charge in [0.15, 0.2) is 0 Å². The maximum Gasteiger partial charge on any atom is 0.0216 e. The summed E-state index contributed by atoms with van der Waals surface area (Å²) in [6.45, 7) is 0. The number of hydrogen-bond donors (Lipinski definition) is 0. The molecule has 0 nitrogen and oxygen atoms in total. The van der Waals surface area contributed by atoms with Crippen molar-refractivity contribution >= 4 is 0 Å². The van der Waals surface area contributed by atoms with E-state index in [-0.39, 0.29) is 5.41 Å². The Hall–Kier alpha value is -3.90. The minimum atomic E-state index is 0.207. The second-order valence-electron chi connectivity index (χ2n) is 9.38. The highest BCUT2D eigenvalue weighted by molar-refractivity contribution is 5.94. The maximum atomic E-state index is 2.50. The summed E-state index contributed by atoms with van der Waals surface area (Å²) in [4.78, 5) is 0. The van der Waals surface area contributed by atoms with E-state index in [2.05, 4.69) is 121 Å². The van der Waals surface area contributed by atoms with E-state index < -0.39 is 0 Å². The Bertz CT molecular complexity index is 1470. The Morgan fingerprint density at radius 2 is 0.879 bits per heavy atom. The van der Waals surface area contributed by atoms with Gasteiger partial charge in [0.1, 0.15) is 0 Å². The largest absolute Gasteiger partial charge is 0.0622 e. The van der Waals surface area contributed by atoms with E-state index in [0.29, 0.717) is 0 Å². The smallest absolute Gasteiger partial charge is 0.0216 e. The minimum Gasteiger partial charge on any atom is -0.0622 e. The van der Waals surface area contributed by atoms with Gasteiger partial charge in [-0.2, -0.15) is 0 Å². The fourth-order valence-electron chi connectivity index (χ4n) is 5.73. The lowest BCUT2D eigenvalue weighted by molar-refractivity contribution is 0.880. The zero-order valence-corrected chi connectivity index (χ0v) is 18.5. The lowest BCUT2D eigenvalue weighted by Gasteiger charge is -2.16. The topological polar surface area (TPSA) is 0 Å². The predicted octanol–water partition coefficient (Wildman–Crippen LogP) is 8.75. The van der Waals surface area contributed by atoms with Crippen LogP contribution >= 0.6 is 0 Å². The highest BCUT2D eigenvalue weighted by Gasteiger charge is 2.52. The first-order valence-corrected chi connectivity index (χ1v) is 11.8. The van der Waals surface area contributed by atoms with Crippen molar-refractivity contribution in [1.82, 2.24) is 0 Å². The van der Waals surface area contributed by atoms with Crippen LogP contribution in [0.15, 0.2) is 121 Å². The minimum absolute atomic E-state index is 0.207. The summed E-state index contributed by atoms with van der Waals surface area (Å²) in [6, 6.07) is 44.6. The summed E-state index contributed by atoms with van der Waals surface area (Å²) in [7, 11) is 0. The molecule has 0 unspecified atom stereocenters. The van der Waals surface area contributed by atoms with Crippen molar-refractivity contribution < 1.29 is 0 Å². The van der Waals surface area contributed by atoms with Crippen LogP contribution in [0, 0.1) is 0 Å². The van der Waals surface area contributed by atoms with Gasteiger partial charge in [-0.15, -0.1) is 0 Å². The molecule has 2 aliphatic carbocycles. The summed E-state index contributed by atoms with van der Waals surface area (Å²) in [6.07, 6.45) is 2.49. The number of benzene rings is 5. The Labute approximate surface area is 195 Å². The molecular weight excluding hydrogens is 396 g/mol. The third-order valence-electron chi connectivity index (χ3n) is 7.53. The van der Waals surface area contributed by atoms with Gasteiger partial charge < -0.3 is 0 Å². The average molecular weight is 421 g/mol. The second-order valence-corrected chi connectivity index (χ2v) is 9.38. The summed E-state index contributed by atoms with van der Waals surface area (Å²) in [5.74, 6) is 0. The van der Waals surface area contributed by atoms with Gasteiger partial charge in [0.05, 0.1) is 0 Å². The first-order valence-electron chi connectivity index (χ1n) is 11.8. The zero-order valence-electron chi connectivity index (χ0n) is 18.5. The molecule has 0 N–H and O–H groups in total. The van der Waals surface area contributed by atoms with Gasteiger partial charge in [-0.3, -0.25) is 0 Å². The van der Waals surface area contributed by atoms with E-state index in [1.54, 1.807) is 0 Å². The molecule has 1 fully saturated rings. The molecule has 0 bridgehead atoms. The van der Waals surface area contributed by atoms with Crippen molar-refractivity contribution in [2.24, 2.45) is 0 Å². The standard InChI is InChI=1S/C33H24/c1-4-10-23(11-5-1)26-16-17-31-29(20-26)30-21-27(24-12-6-2-7-13-24)28(25-14-8-3-9-15-25)22-32(30)33(31)18-19-33/h1-17,20-22H,18-19H2. The molecule has 33 heavy (non-hydrogen) atoms. The summed E-state index contributed by atoms with van der Waals surface area (Å²) in [5, 5.41) is 0. The van der Waals surface area contributed by atoms with Crippen molar-refractivity contribution in [2.45, 2.75) is 18.3 Å². The van der Waals surface area contributed by atoms with Gasteiger partial charge in [0, 0.05) is 5.41 Å². The molecular formula is C33H24. The van der Waals surface area contributed by atoms with Crippen LogP contribution in [-0.2, 0) is 5.41 Å². The zero-order chi connectivity index (χ0) is 21.8. The molecule has 156 valence electrons. The van der Waals surface area contributed by atoms with Crippen LogP contribution in [0.3, 0.4) is 0 Å². The molecule has 0 saturated heterocycles.